The summed E-state index contributed by atoms with van der Waals surface area (Å²) in [6.45, 7) is 2.45. The highest BCUT2D eigenvalue weighted by atomic mass is 16.3. The molecule has 0 unspecified atom stereocenters. The van der Waals surface area contributed by atoms with Gasteiger partial charge in [0.1, 0.15) is 0 Å². The first-order chi connectivity index (χ1) is 10.8. The quantitative estimate of drug-likeness (QED) is 0.889. The summed E-state index contributed by atoms with van der Waals surface area (Å²) in [7, 11) is 0. The van der Waals surface area contributed by atoms with Gasteiger partial charge in [-0.1, -0.05) is 60.7 Å². The van der Waals surface area contributed by atoms with Crippen LogP contribution in [0.2, 0.25) is 0 Å². The van der Waals surface area contributed by atoms with Crippen molar-refractivity contribution in [1.82, 2.24) is 4.90 Å². The van der Waals surface area contributed by atoms with Crippen LogP contribution in [0.3, 0.4) is 0 Å². The molecule has 0 aliphatic carbocycles. The number of rotatable bonds is 5. The molecular weight excluding hydrogens is 274 g/mol. The molecule has 0 bridgehead atoms. The number of benzene rings is 2. The molecule has 22 heavy (non-hydrogen) atoms. The van der Waals surface area contributed by atoms with E-state index in [2.05, 4.69) is 41.3 Å². The maximum atomic E-state index is 10.2. The van der Waals surface area contributed by atoms with Crippen LogP contribution in [-0.4, -0.2) is 40.9 Å². The van der Waals surface area contributed by atoms with Gasteiger partial charge >= 0.3 is 0 Å². The Hall–Kier alpha value is -1.68. The van der Waals surface area contributed by atoms with Crippen LogP contribution in [0, 0.1) is 5.92 Å². The average molecular weight is 297 g/mol. The summed E-state index contributed by atoms with van der Waals surface area (Å²) in [5.74, 6) is 0.350. The van der Waals surface area contributed by atoms with E-state index in [9.17, 15) is 10.2 Å². The highest BCUT2D eigenvalue weighted by molar-refractivity contribution is 5.23. The zero-order valence-electron chi connectivity index (χ0n) is 12.7. The highest BCUT2D eigenvalue weighted by Crippen LogP contribution is 2.35. The second kappa shape index (κ2) is 7.05. The number of hydrogen-bond acceptors (Lipinski definition) is 3. The second-order valence-electron chi connectivity index (χ2n) is 6.11. The minimum atomic E-state index is -0.661. The van der Waals surface area contributed by atoms with Gasteiger partial charge in [-0.2, -0.15) is 0 Å². The molecule has 1 heterocycles. The fourth-order valence-electron chi connectivity index (χ4n) is 3.46. The summed E-state index contributed by atoms with van der Waals surface area (Å²) in [5, 5.41) is 19.6. The lowest BCUT2D eigenvalue weighted by Crippen LogP contribution is -2.30. The zero-order chi connectivity index (χ0) is 15.4. The summed E-state index contributed by atoms with van der Waals surface area (Å²) >= 11 is 0. The predicted molar refractivity (Wildman–Crippen MR) is 87.5 cm³/mol. The maximum Gasteiger partial charge on any atom is 0.0817 e. The SMILES string of the molecule is OC[C@H](O)[C@H]1CN(Cc2ccccc2)C[C@@H]1c1ccccc1. The van der Waals surface area contributed by atoms with Crippen molar-refractivity contribution < 1.29 is 10.2 Å². The van der Waals surface area contributed by atoms with Crippen LogP contribution >= 0.6 is 0 Å². The van der Waals surface area contributed by atoms with Gasteiger partial charge in [0.15, 0.2) is 0 Å². The first-order valence-electron chi connectivity index (χ1n) is 7.88. The molecule has 0 amide bonds. The van der Waals surface area contributed by atoms with E-state index in [1.807, 2.05) is 24.3 Å². The first kappa shape index (κ1) is 15.2. The molecule has 3 atom stereocenters. The molecule has 0 spiro atoms. The van der Waals surface area contributed by atoms with E-state index in [0.29, 0.717) is 0 Å². The minimum Gasteiger partial charge on any atom is -0.394 e. The van der Waals surface area contributed by atoms with E-state index in [1.54, 1.807) is 0 Å². The summed E-state index contributed by atoms with van der Waals surface area (Å²) < 4.78 is 0. The third-order valence-corrected chi connectivity index (χ3v) is 4.60. The standard InChI is InChI=1S/C19H23NO2/c21-14-19(22)18-13-20(11-15-7-3-1-4-8-15)12-17(18)16-9-5-2-6-10-16/h1-10,17-19,21-22H,11-14H2/t17-,18+,19+/m1/s1. The van der Waals surface area contributed by atoms with E-state index in [-0.39, 0.29) is 18.4 Å². The molecule has 0 aromatic heterocycles. The molecule has 3 nitrogen and oxygen atoms in total. The van der Waals surface area contributed by atoms with Crippen LogP contribution in [0.15, 0.2) is 60.7 Å². The van der Waals surface area contributed by atoms with Gasteiger partial charge in [0.05, 0.1) is 12.7 Å². The number of nitrogens with zero attached hydrogens (tertiary/aromatic N) is 1. The molecule has 1 saturated heterocycles. The van der Waals surface area contributed by atoms with Gasteiger partial charge in [0.2, 0.25) is 0 Å². The summed E-state index contributed by atoms with van der Waals surface area (Å²) in [6.07, 6.45) is -0.661. The Labute approximate surface area is 131 Å². The van der Waals surface area contributed by atoms with Crippen molar-refractivity contribution in [3.05, 3.63) is 71.8 Å². The number of likely N-dealkylation sites (tertiary alicyclic amines) is 1. The van der Waals surface area contributed by atoms with Crippen LogP contribution < -0.4 is 0 Å². The first-order valence-corrected chi connectivity index (χ1v) is 7.88. The summed E-state index contributed by atoms with van der Waals surface area (Å²) in [5.41, 5.74) is 2.53. The van der Waals surface area contributed by atoms with Crippen LogP contribution in [0.25, 0.3) is 0 Å². The van der Waals surface area contributed by atoms with E-state index >= 15 is 0 Å². The molecule has 3 heteroatoms. The molecule has 1 fully saturated rings. The lowest BCUT2D eigenvalue weighted by Gasteiger charge is -2.22. The van der Waals surface area contributed by atoms with Crippen LogP contribution in [0.1, 0.15) is 17.0 Å². The van der Waals surface area contributed by atoms with Gasteiger partial charge in [-0.3, -0.25) is 4.90 Å². The Morgan fingerprint density at radius 3 is 2.23 bits per heavy atom. The normalized spacial score (nSPS) is 23.5. The van der Waals surface area contributed by atoms with Gasteiger partial charge in [-0.15, -0.1) is 0 Å². The van der Waals surface area contributed by atoms with Crippen LogP contribution in [0.5, 0.6) is 0 Å². The predicted octanol–water partition coefficient (Wildman–Crippen LogP) is 2.26. The molecule has 1 aliphatic heterocycles. The molecule has 0 radical (unpaired) electrons. The van der Waals surface area contributed by atoms with Gasteiger partial charge in [-0.05, 0) is 11.1 Å². The van der Waals surface area contributed by atoms with E-state index in [4.69, 9.17) is 0 Å². The Bertz CT molecular complexity index is 573. The lowest BCUT2D eigenvalue weighted by molar-refractivity contribution is 0.0446. The Morgan fingerprint density at radius 2 is 1.59 bits per heavy atom. The van der Waals surface area contributed by atoms with Crippen molar-refractivity contribution in [2.75, 3.05) is 19.7 Å². The van der Waals surface area contributed by atoms with E-state index < -0.39 is 6.10 Å². The fourth-order valence-corrected chi connectivity index (χ4v) is 3.46. The number of aliphatic hydroxyl groups is 2. The summed E-state index contributed by atoms with van der Waals surface area (Å²) in [4.78, 5) is 2.37. The highest BCUT2D eigenvalue weighted by Gasteiger charge is 2.37. The number of aliphatic hydroxyl groups excluding tert-OH is 2. The van der Waals surface area contributed by atoms with Crippen molar-refractivity contribution in [2.45, 2.75) is 18.6 Å². The molecule has 2 aromatic rings. The van der Waals surface area contributed by atoms with Gasteiger partial charge < -0.3 is 10.2 Å². The molecule has 116 valence electrons. The molecule has 2 aromatic carbocycles. The fraction of sp³-hybridized carbons (Fsp3) is 0.368. The average Bonchev–Trinajstić information content (AvgIpc) is 3.00. The minimum absolute atomic E-state index is 0.0797. The largest absolute Gasteiger partial charge is 0.394 e. The zero-order valence-corrected chi connectivity index (χ0v) is 12.7. The summed E-state index contributed by atoms with van der Waals surface area (Å²) in [6, 6.07) is 20.7. The van der Waals surface area contributed by atoms with Gasteiger partial charge in [-0.25, -0.2) is 0 Å². The van der Waals surface area contributed by atoms with Crippen molar-refractivity contribution >= 4 is 0 Å². The van der Waals surface area contributed by atoms with Crippen molar-refractivity contribution in [3.63, 3.8) is 0 Å². The monoisotopic (exact) mass is 297 g/mol. The molecule has 0 saturated carbocycles. The third-order valence-electron chi connectivity index (χ3n) is 4.60. The molecule has 3 rings (SSSR count). The molecule has 1 aliphatic rings. The lowest BCUT2D eigenvalue weighted by atomic mass is 9.85. The Balaban J connectivity index is 1.76. The smallest absolute Gasteiger partial charge is 0.0817 e. The van der Waals surface area contributed by atoms with Gasteiger partial charge in [0, 0.05) is 31.5 Å². The molecular formula is C19H23NO2. The van der Waals surface area contributed by atoms with Gasteiger partial charge in [0.25, 0.3) is 0 Å². The van der Waals surface area contributed by atoms with Crippen molar-refractivity contribution in [1.29, 1.82) is 0 Å². The second-order valence-corrected chi connectivity index (χ2v) is 6.11. The van der Waals surface area contributed by atoms with Crippen molar-refractivity contribution in [3.8, 4) is 0 Å². The Kier molecular flexibility index (Phi) is 4.88. The molecule has 2 N–H and O–H groups in total. The van der Waals surface area contributed by atoms with E-state index in [0.717, 1.165) is 19.6 Å². The van der Waals surface area contributed by atoms with Crippen molar-refractivity contribution in [2.24, 2.45) is 5.92 Å². The topological polar surface area (TPSA) is 43.7 Å². The number of hydrogen-bond donors (Lipinski definition) is 2. The third kappa shape index (κ3) is 3.38. The van der Waals surface area contributed by atoms with Crippen LogP contribution in [0.4, 0.5) is 0 Å². The van der Waals surface area contributed by atoms with Crippen LogP contribution in [-0.2, 0) is 6.54 Å². The Morgan fingerprint density at radius 1 is 0.955 bits per heavy atom. The maximum absolute atomic E-state index is 10.2. The van der Waals surface area contributed by atoms with E-state index in [1.165, 1.54) is 11.1 Å².